The molecule has 0 heterocycles. The third kappa shape index (κ3) is 5.18. The Balaban J connectivity index is 2.13. The molecular weight excluding hydrogens is 312 g/mol. The fraction of sp³-hybridized carbons (Fsp3) is 0.333. The van der Waals surface area contributed by atoms with Crippen LogP contribution in [0.1, 0.15) is 43.1 Å². The van der Waals surface area contributed by atoms with E-state index >= 15 is 0 Å². The summed E-state index contributed by atoms with van der Waals surface area (Å²) in [5.41, 5.74) is 2.47. The highest BCUT2D eigenvalue weighted by Gasteiger charge is 2.26. The molecule has 0 aliphatic heterocycles. The van der Waals surface area contributed by atoms with Crippen LogP contribution in [0.25, 0.3) is 0 Å². The van der Waals surface area contributed by atoms with Crippen molar-refractivity contribution in [2.45, 2.75) is 39.7 Å². The van der Waals surface area contributed by atoms with Gasteiger partial charge >= 0.3 is 0 Å². The predicted octanol–water partition coefficient (Wildman–Crippen LogP) is 4.03. The summed E-state index contributed by atoms with van der Waals surface area (Å²) in [4.78, 5) is 25.2. The van der Waals surface area contributed by atoms with Crippen LogP contribution in [-0.2, 0) is 11.2 Å². The van der Waals surface area contributed by atoms with Crippen molar-refractivity contribution < 1.29 is 9.59 Å². The SMILES string of the molecule is CCc1cccc(NC(=O)C(NC(=O)c2ccccc2)C(C)CC)c1. The van der Waals surface area contributed by atoms with E-state index in [0.29, 0.717) is 5.56 Å². The van der Waals surface area contributed by atoms with Gasteiger partial charge in [-0.25, -0.2) is 0 Å². The fourth-order valence-corrected chi connectivity index (χ4v) is 2.61. The first-order valence-electron chi connectivity index (χ1n) is 8.80. The monoisotopic (exact) mass is 338 g/mol. The quantitative estimate of drug-likeness (QED) is 0.801. The first kappa shape index (κ1) is 18.7. The molecule has 132 valence electrons. The van der Waals surface area contributed by atoms with E-state index in [9.17, 15) is 9.59 Å². The lowest BCUT2D eigenvalue weighted by Crippen LogP contribution is -2.47. The molecule has 0 aromatic heterocycles. The summed E-state index contributed by atoms with van der Waals surface area (Å²) in [6, 6.07) is 16.2. The molecule has 2 aromatic rings. The lowest BCUT2D eigenvalue weighted by Gasteiger charge is -2.23. The molecule has 0 radical (unpaired) electrons. The standard InChI is InChI=1S/C21H26N2O2/c1-4-15(3)19(23-20(24)17-11-7-6-8-12-17)21(25)22-18-13-9-10-16(5-2)14-18/h6-15,19H,4-5H2,1-3H3,(H,22,25)(H,23,24). The Kier molecular flexibility index (Phi) is 6.75. The van der Waals surface area contributed by atoms with Gasteiger partial charge in [0.2, 0.25) is 5.91 Å². The van der Waals surface area contributed by atoms with Crippen molar-refractivity contribution in [3.8, 4) is 0 Å². The van der Waals surface area contributed by atoms with Gasteiger partial charge in [-0.2, -0.15) is 0 Å². The van der Waals surface area contributed by atoms with Crippen LogP contribution >= 0.6 is 0 Å². The molecule has 0 saturated carbocycles. The van der Waals surface area contributed by atoms with E-state index in [1.54, 1.807) is 12.1 Å². The minimum absolute atomic E-state index is 0.0296. The number of amides is 2. The minimum atomic E-state index is -0.581. The normalized spacial score (nSPS) is 12.9. The number of hydrogen-bond donors (Lipinski definition) is 2. The number of aryl methyl sites for hydroxylation is 1. The van der Waals surface area contributed by atoms with Crippen molar-refractivity contribution in [3.05, 3.63) is 65.7 Å². The largest absolute Gasteiger partial charge is 0.340 e. The van der Waals surface area contributed by atoms with E-state index in [1.807, 2.05) is 56.3 Å². The highest BCUT2D eigenvalue weighted by Crippen LogP contribution is 2.15. The summed E-state index contributed by atoms with van der Waals surface area (Å²) in [5.74, 6) is -0.391. The van der Waals surface area contributed by atoms with Gasteiger partial charge in [0.25, 0.3) is 5.91 Å². The molecule has 2 aromatic carbocycles. The number of carbonyl (C=O) groups is 2. The van der Waals surface area contributed by atoms with Crippen LogP contribution in [0.3, 0.4) is 0 Å². The average Bonchev–Trinajstić information content (AvgIpc) is 2.66. The zero-order valence-corrected chi connectivity index (χ0v) is 15.1. The summed E-state index contributed by atoms with van der Waals surface area (Å²) in [6.45, 7) is 6.05. The maximum absolute atomic E-state index is 12.8. The highest BCUT2D eigenvalue weighted by molar-refractivity contribution is 6.01. The van der Waals surface area contributed by atoms with Gasteiger partial charge in [0.05, 0.1) is 0 Å². The van der Waals surface area contributed by atoms with Crippen LogP contribution in [0.5, 0.6) is 0 Å². The van der Waals surface area contributed by atoms with Crippen LogP contribution in [0.2, 0.25) is 0 Å². The second-order valence-electron chi connectivity index (χ2n) is 6.25. The first-order valence-corrected chi connectivity index (χ1v) is 8.80. The lowest BCUT2D eigenvalue weighted by molar-refractivity contribution is -0.119. The predicted molar refractivity (Wildman–Crippen MR) is 102 cm³/mol. The lowest BCUT2D eigenvalue weighted by atomic mass is 9.97. The molecule has 0 aliphatic rings. The third-order valence-electron chi connectivity index (χ3n) is 4.42. The topological polar surface area (TPSA) is 58.2 Å². The van der Waals surface area contributed by atoms with Gasteiger partial charge in [-0.3, -0.25) is 9.59 Å². The van der Waals surface area contributed by atoms with E-state index in [0.717, 1.165) is 24.1 Å². The summed E-state index contributed by atoms with van der Waals surface area (Å²) < 4.78 is 0. The molecule has 2 rings (SSSR count). The molecular formula is C21H26N2O2. The number of carbonyl (C=O) groups excluding carboxylic acids is 2. The zero-order chi connectivity index (χ0) is 18.2. The van der Waals surface area contributed by atoms with Crippen LogP contribution in [0, 0.1) is 5.92 Å². The van der Waals surface area contributed by atoms with Gasteiger partial charge in [-0.1, -0.05) is 57.5 Å². The van der Waals surface area contributed by atoms with Gasteiger partial charge in [-0.05, 0) is 42.2 Å². The zero-order valence-electron chi connectivity index (χ0n) is 15.1. The van der Waals surface area contributed by atoms with E-state index in [2.05, 4.69) is 17.6 Å². The Bertz CT molecular complexity index is 713. The molecule has 2 atom stereocenters. The van der Waals surface area contributed by atoms with E-state index in [1.165, 1.54) is 0 Å². The number of hydrogen-bond acceptors (Lipinski definition) is 2. The van der Waals surface area contributed by atoms with Crippen molar-refractivity contribution in [1.29, 1.82) is 0 Å². The maximum atomic E-state index is 12.8. The molecule has 4 nitrogen and oxygen atoms in total. The Hall–Kier alpha value is -2.62. The fourth-order valence-electron chi connectivity index (χ4n) is 2.61. The van der Waals surface area contributed by atoms with Crippen molar-refractivity contribution >= 4 is 17.5 Å². The summed E-state index contributed by atoms with van der Waals surface area (Å²) in [6.07, 6.45) is 1.70. The molecule has 25 heavy (non-hydrogen) atoms. The Morgan fingerprint density at radius 3 is 2.36 bits per heavy atom. The summed E-state index contributed by atoms with van der Waals surface area (Å²) in [5, 5.41) is 5.82. The molecule has 0 aliphatic carbocycles. The molecule has 2 unspecified atom stereocenters. The van der Waals surface area contributed by atoms with E-state index in [4.69, 9.17) is 0 Å². The molecule has 2 N–H and O–H groups in total. The Morgan fingerprint density at radius 1 is 1.00 bits per heavy atom. The smallest absolute Gasteiger partial charge is 0.251 e. The molecule has 4 heteroatoms. The van der Waals surface area contributed by atoms with E-state index < -0.39 is 6.04 Å². The van der Waals surface area contributed by atoms with Crippen LogP contribution in [-0.4, -0.2) is 17.9 Å². The van der Waals surface area contributed by atoms with Gasteiger partial charge in [0.1, 0.15) is 6.04 Å². The molecule has 0 fully saturated rings. The second-order valence-corrected chi connectivity index (χ2v) is 6.25. The van der Waals surface area contributed by atoms with E-state index in [-0.39, 0.29) is 17.7 Å². The van der Waals surface area contributed by atoms with Crippen molar-refractivity contribution in [2.24, 2.45) is 5.92 Å². The number of anilines is 1. The van der Waals surface area contributed by atoms with Gasteiger partial charge in [0.15, 0.2) is 0 Å². The van der Waals surface area contributed by atoms with Crippen molar-refractivity contribution in [2.75, 3.05) is 5.32 Å². The maximum Gasteiger partial charge on any atom is 0.251 e. The molecule has 0 bridgehead atoms. The van der Waals surface area contributed by atoms with Crippen molar-refractivity contribution in [3.63, 3.8) is 0 Å². The van der Waals surface area contributed by atoms with Crippen LogP contribution in [0.15, 0.2) is 54.6 Å². The van der Waals surface area contributed by atoms with Gasteiger partial charge in [0, 0.05) is 11.3 Å². The number of nitrogens with one attached hydrogen (secondary N) is 2. The van der Waals surface area contributed by atoms with Crippen LogP contribution in [0.4, 0.5) is 5.69 Å². The first-order chi connectivity index (χ1) is 12.0. The summed E-state index contributed by atoms with van der Waals surface area (Å²) in [7, 11) is 0. The minimum Gasteiger partial charge on any atom is -0.340 e. The summed E-state index contributed by atoms with van der Waals surface area (Å²) >= 11 is 0. The number of rotatable bonds is 7. The van der Waals surface area contributed by atoms with Gasteiger partial charge in [-0.15, -0.1) is 0 Å². The van der Waals surface area contributed by atoms with Crippen molar-refractivity contribution in [1.82, 2.24) is 5.32 Å². The van der Waals surface area contributed by atoms with Crippen LogP contribution < -0.4 is 10.6 Å². The Labute approximate surface area is 149 Å². The molecule has 0 saturated heterocycles. The second kappa shape index (κ2) is 9.02. The molecule has 0 spiro atoms. The molecule has 2 amide bonds. The highest BCUT2D eigenvalue weighted by atomic mass is 16.2. The average molecular weight is 338 g/mol. The van der Waals surface area contributed by atoms with Gasteiger partial charge < -0.3 is 10.6 Å². The Morgan fingerprint density at radius 2 is 1.72 bits per heavy atom. The third-order valence-corrected chi connectivity index (χ3v) is 4.42. The number of benzene rings is 2.